The molecule has 0 saturated carbocycles. The molecular formula is C8H17NO2. The quantitative estimate of drug-likeness (QED) is 0.580. The van der Waals surface area contributed by atoms with E-state index in [0.717, 1.165) is 32.8 Å². The maximum absolute atomic E-state index is 5.34. The second-order valence-corrected chi connectivity index (χ2v) is 2.99. The molecule has 0 bridgehead atoms. The molecule has 3 nitrogen and oxygen atoms in total. The topological polar surface area (TPSA) is 21.7 Å². The Labute approximate surface area is 68.3 Å². The van der Waals surface area contributed by atoms with Crippen molar-refractivity contribution in [1.29, 1.82) is 0 Å². The number of methoxy groups -OCH3 is 1. The highest BCUT2D eigenvalue weighted by atomic mass is 16.5. The zero-order valence-corrected chi connectivity index (χ0v) is 7.38. The van der Waals surface area contributed by atoms with Gasteiger partial charge in [-0.15, -0.1) is 0 Å². The summed E-state index contributed by atoms with van der Waals surface area (Å²) in [6.45, 7) is 3.57. The molecule has 1 unspecified atom stereocenters. The van der Waals surface area contributed by atoms with Gasteiger partial charge in [0.1, 0.15) is 0 Å². The molecule has 0 aliphatic carbocycles. The van der Waals surface area contributed by atoms with Gasteiger partial charge in [0.05, 0.1) is 13.2 Å². The van der Waals surface area contributed by atoms with Crippen LogP contribution in [-0.2, 0) is 9.47 Å². The van der Waals surface area contributed by atoms with Crippen LogP contribution in [0.15, 0.2) is 0 Å². The molecule has 1 saturated heterocycles. The summed E-state index contributed by atoms with van der Waals surface area (Å²) in [7, 11) is 3.87. The van der Waals surface area contributed by atoms with Crippen LogP contribution in [0.4, 0.5) is 0 Å². The summed E-state index contributed by atoms with van der Waals surface area (Å²) < 4.78 is 10.5. The SMILES string of the molecule is COCC1CCOCCN1C. The molecule has 1 atom stereocenters. The van der Waals surface area contributed by atoms with Crippen LogP contribution >= 0.6 is 0 Å². The van der Waals surface area contributed by atoms with E-state index in [1.54, 1.807) is 7.11 Å². The summed E-state index contributed by atoms with van der Waals surface area (Å²) in [6.07, 6.45) is 1.09. The van der Waals surface area contributed by atoms with Crippen LogP contribution in [0.3, 0.4) is 0 Å². The Morgan fingerprint density at radius 3 is 3.09 bits per heavy atom. The lowest BCUT2D eigenvalue weighted by Crippen LogP contribution is -2.35. The van der Waals surface area contributed by atoms with E-state index >= 15 is 0 Å². The van der Waals surface area contributed by atoms with Crippen molar-refractivity contribution in [3.8, 4) is 0 Å². The normalized spacial score (nSPS) is 28.4. The van der Waals surface area contributed by atoms with Gasteiger partial charge in [0.2, 0.25) is 0 Å². The van der Waals surface area contributed by atoms with Gasteiger partial charge in [0.15, 0.2) is 0 Å². The standard InChI is InChI=1S/C8H17NO2/c1-9-4-6-11-5-3-8(9)7-10-2/h8H,3-7H2,1-2H3. The summed E-state index contributed by atoms with van der Waals surface area (Å²) in [5, 5.41) is 0. The number of ether oxygens (including phenoxy) is 2. The maximum Gasteiger partial charge on any atom is 0.0618 e. The Balaban J connectivity index is 2.32. The molecule has 3 heteroatoms. The van der Waals surface area contributed by atoms with Crippen molar-refractivity contribution >= 4 is 0 Å². The lowest BCUT2D eigenvalue weighted by Gasteiger charge is -2.23. The third-order valence-electron chi connectivity index (χ3n) is 2.17. The smallest absolute Gasteiger partial charge is 0.0618 e. The highest BCUT2D eigenvalue weighted by molar-refractivity contribution is 4.70. The fourth-order valence-electron chi connectivity index (χ4n) is 1.34. The van der Waals surface area contributed by atoms with Crippen molar-refractivity contribution in [3.63, 3.8) is 0 Å². The van der Waals surface area contributed by atoms with Gasteiger partial charge in [0, 0.05) is 26.3 Å². The third-order valence-corrected chi connectivity index (χ3v) is 2.17. The van der Waals surface area contributed by atoms with Gasteiger partial charge in [-0.1, -0.05) is 0 Å². The van der Waals surface area contributed by atoms with E-state index in [1.165, 1.54) is 0 Å². The fraction of sp³-hybridized carbons (Fsp3) is 1.00. The first kappa shape index (κ1) is 8.97. The van der Waals surface area contributed by atoms with Gasteiger partial charge in [-0.05, 0) is 13.5 Å². The minimum atomic E-state index is 0.544. The first-order chi connectivity index (χ1) is 5.34. The molecule has 0 radical (unpaired) electrons. The van der Waals surface area contributed by atoms with E-state index in [4.69, 9.17) is 9.47 Å². The van der Waals surface area contributed by atoms with Gasteiger partial charge < -0.3 is 9.47 Å². The van der Waals surface area contributed by atoms with Crippen molar-refractivity contribution in [2.45, 2.75) is 12.5 Å². The van der Waals surface area contributed by atoms with E-state index in [-0.39, 0.29) is 0 Å². The number of hydrogen-bond acceptors (Lipinski definition) is 3. The molecule has 1 rings (SSSR count). The first-order valence-corrected chi connectivity index (χ1v) is 4.11. The van der Waals surface area contributed by atoms with Gasteiger partial charge >= 0.3 is 0 Å². The fourth-order valence-corrected chi connectivity index (χ4v) is 1.34. The number of rotatable bonds is 2. The zero-order valence-electron chi connectivity index (χ0n) is 7.38. The second-order valence-electron chi connectivity index (χ2n) is 2.99. The van der Waals surface area contributed by atoms with Crippen molar-refractivity contribution in [2.24, 2.45) is 0 Å². The number of nitrogens with zero attached hydrogens (tertiary/aromatic N) is 1. The Bertz CT molecular complexity index is 108. The molecule has 1 fully saturated rings. The van der Waals surface area contributed by atoms with Crippen LogP contribution in [0.2, 0.25) is 0 Å². The summed E-state index contributed by atoms with van der Waals surface area (Å²) in [5.41, 5.74) is 0. The lowest BCUT2D eigenvalue weighted by atomic mass is 10.2. The van der Waals surface area contributed by atoms with Crippen molar-refractivity contribution in [3.05, 3.63) is 0 Å². The Hall–Kier alpha value is -0.120. The van der Waals surface area contributed by atoms with Gasteiger partial charge in [0.25, 0.3) is 0 Å². The molecule has 1 aliphatic heterocycles. The molecule has 0 N–H and O–H groups in total. The third kappa shape index (κ3) is 2.77. The predicted octanol–water partition coefficient (Wildman–Crippen LogP) is 0.354. The van der Waals surface area contributed by atoms with E-state index < -0.39 is 0 Å². The molecule has 11 heavy (non-hydrogen) atoms. The van der Waals surface area contributed by atoms with Crippen LogP contribution < -0.4 is 0 Å². The van der Waals surface area contributed by atoms with Crippen molar-refractivity contribution in [2.75, 3.05) is 40.5 Å². The molecule has 1 heterocycles. The van der Waals surface area contributed by atoms with E-state index in [9.17, 15) is 0 Å². The maximum atomic E-state index is 5.34. The average molecular weight is 159 g/mol. The molecule has 0 amide bonds. The molecule has 1 aliphatic rings. The minimum absolute atomic E-state index is 0.544. The molecule has 0 spiro atoms. The van der Waals surface area contributed by atoms with E-state index in [2.05, 4.69) is 11.9 Å². The van der Waals surface area contributed by atoms with Crippen LogP contribution in [0, 0.1) is 0 Å². The second kappa shape index (κ2) is 4.70. The number of hydrogen-bond donors (Lipinski definition) is 0. The van der Waals surface area contributed by atoms with Gasteiger partial charge in [-0.2, -0.15) is 0 Å². The van der Waals surface area contributed by atoms with Crippen LogP contribution in [0.25, 0.3) is 0 Å². The van der Waals surface area contributed by atoms with Crippen molar-refractivity contribution in [1.82, 2.24) is 4.90 Å². The van der Waals surface area contributed by atoms with E-state index in [1.807, 2.05) is 0 Å². The Kier molecular flexibility index (Phi) is 3.83. The monoisotopic (exact) mass is 159 g/mol. The minimum Gasteiger partial charge on any atom is -0.383 e. The molecule has 66 valence electrons. The lowest BCUT2D eigenvalue weighted by molar-refractivity contribution is 0.109. The summed E-state index contributed by atoms with van der Waals surface area (Å²) in [6, 6.07) is 0.544. The average Bonchev–Trinajstić information content (AvgIpc) is 2.18. The van der Waals surface area contributed by atoms with Gasteiger partial charge in [-0.25, -0.2) is 0 Å². The van der Waals surface area contributed by atoms with Gasteiger partial charge in [-0.3, -0.25) is 4.90 Å². The van der Waals surface area contributed by atoms with Crippen LogP contribution in [0.5, 0.6) is 0 Å². The highest BCUT2D eigenvalue weighted by Crippen LogP contribution is 2.06. The van der Waals surface area contributed by atoms with Crippen molar-refractivity contribution < 1.29 is 9.47 Å². The molecular weight excluding hydrogens is 142 g/mol. The van der Waals surface area contributed by atoms with Crippen LogP contribution in [0.1, 0.15) is 6.42 Å². The largest absolute Gasteiger partial charge is 0.383 e. The molecule has 0 aromatic rings. The first-order valence-electron chi connectivity index (χ1n) is 4.11. The summed E-state index contributed by atoms with van der Waals surface area (Å²) >= 11 is 0. The Morgan fingerprint density at radius 1 is 1.55 bits per heavy atom. The van der Waals surface area contributed by atoms with Crippen LogP contribution in [-0.4, -0.2) is 51.5 Å². The predicted molar refractivity (Wildman–Crippen MR) is 43.7 cm³/mol. The highest BCUT2D eigenvalue weighted by Gasteiger charge is 2.16. The molecule has 0 aromatic carbocycles. The summed E-state index contributed by atoms with van der Waals surface area (Å²) in [4.78, 5) is 2.30. The zero-order chi connectivity index (χ0) is 8.10. The molecule has 0 aromatic heterocycles. The Morgan fingerprint density at radius 2 is 2.36 bits per heavy atom. The number of likely N-dealkylation sites (N-methyl/N-ethyl adjacent to an activating group) is 1. The summed E-state index contributed by atoms with van der Waals surface area (Å²) in [5.74, 6) is 0. The van der Waals surface area contributed by atoms with E-state index in [0.29, 0.717) is 6.04 Å².